The van der Waals surface area contributed by atoms with Crippen LogP contribution in [0.2, 0.25) is 5.15 Å². The summed E-state index contributed by atoms with van der Waals surface area (Å²) in [6, 6.07) is 24.7. The summed E-state index contributed by atoms with van der Waals surface area (Å²) in [5, 5.41) is 26.9. The van der Waals surface area contributed by atoms with Gasteiger partial charge in [-0.3, -0.25) is 4.79 Å². The predicted molar refractivity (Wildman–Crippen MR) is 190 cm³/mol. The van der Waals surface area contributed by atoms with Crippen molar-refractivity contribution in [1.29, 1.82) is 0 Å². The van der Waals surface area contributed by atoms with Gasteiger partial charge in [0.2, 0.25) is 5.82 Å². The standard InChI is InChI=1S/C36H39ClN8O7/c1-2-3-14-32-39-34(37)31(44(32)22-26-16-18-27(19-17-26)29-12-7-8-13-30(29)35-40-42-43-41-35)24-51-36(47)38-28(21-25-10-5-4-6-11-25)23-50-33(46)15-9-20-52-45(48)49/h4-8,10-13,16-19,28H,2-3,9,14-15,20-24H2,1H3,(H,38,47)(H,40,41,42,43)/t28-/m0/s1. The zero-order chi connectivity index (χ0) is 36.7. The lowest BCUT2D eigenvalue weighted by Crippen LogP contribution is -2.40. The molecule has 0 radical (unpaired) electrons. The summed E-state index contributed by atoms with van der Waals surface area (Å²) in [5.74, 6) is 0.724. The number of alkyl carbamates (subject to hydrolysis) is 1. The Morgan fingerprint density at radius 3 is 2.44 bits per heavy atom. The van der Waals surface area contributed by atoms with Crippen molar-refractivity contribution in [3.63, 3.8) is 0 Å². The van der Waals surface area contributed by atoms with E-state index in [-0.39, 0.29) is 37.8 Å². The first-order valence-electron chi connectivity index (χ1n) is 16.9. The second-order valence-corrected chi connectivity index (χ2v) is 12.2. The largest absolute Gasteiger partial charge is 0.463 e. The first-order valence-corrected chi connectivity index (χ1v) is 17.2. The second-order valence-electron chi connectivity index (χ2n) is 11.9. The van der Waals surface area contributed by atoms with E-state index >= 15 is 0 Å². The van der Waals surface area contributed by atoms with Crippen molar-refractivity contribution < 1.29 is 29.0 Å². The molecule has 15 nitrogen and oxygen atoms in total. The summed E-state index contributed by atoms with van der Waals surface area (Å²) in [6.45, 7) is 2.05. The number of halogens is 1. The first kappa shape index (κ1) is 37.4. The molecule has 0 fully saturated rings. The molecular weight excluding hydrogens is 692 g/mol. The van der Waals surface area contributed by atoms with Gasteiger partial charge in [-0.15, -0.1) is 20.3 Å². The molecule has 3 aromatic carbocycles. The van der Waals surface area contributed by atoms with E-state index < -0.39 is 23.2 Å². The van der Waals surface area contributed by atoms with E-state index in [1.165, 1.54) is 0 Å². The lowest BCUT2D eigenvalue weighted by Gasteiger charge is -2.19. The average molecular weight is 731 g/mol. The molecule has 2 N–H and O–H groups in total. The molecule has 52 heavy (non-hydrogen) atoms. The minimum atomic E-state index is -0.915. The minimum Gasteiger partial charge on any atom is -0.463 e. The topological polar surface area (TPSA) is 189 Å². The molecule has 0 aliphatic heterocycles. The zero-order valence-electron chi connectivity index (χ0n) is 28.6. The molecule has 5 rings (SSSR count). The fraction of sp³-hybridized carbons (Fsp3) is 0.333. The van der Waals surface area contributed by atoms with Crippen molar-refractivity contribution in [2.45, 2.75) is 64.6 Å². The number of nitrogens with zero attached hydrogens (tertiary/aromatic N) is 6. The fourth-order valence-electron chi connectivity index (χ4n) is 5.55. The number of aromatic nitrogens is 6. The quantitative estimate of drug-likeness (QED) is 0.0429. The van der Waals surface area contributed by atoms with Gasteiger partial charge in [0.25, 0.3) is 5.09 Å². The van der Waals surface area contributed by atoms with E-state index in [1.807, 2.05) is 83.4 Å². The van der Waals surface area contributed by atoms with Crippen LogP contribution in [0.1, 0.15) is 55.3 Å². The molecule has 0 unspecified atom stereocenters. The van der Waals surface area contributed by atoms with Crippen molar-refractivity contribution in [2.75, 3.05) is 13.2 Å². The Morgan fingerprint density at radius 2 is 1.73 bits per heavy atom. The van der Waals surface area contributed by atoms with Gasteiger partial charge in [0.05, 0.1) is 18.3 Å². The number of tetrazole rings is 1. The minimum absolute atomic E-state index is 0.0739. The number of ether oxygens (including phenoxy) is 2. The molecule has 0 saturated carbocycles. The lowest BCUT2D eigenvalue weighted by molar-refractivity contribution is -0.757. The van der Waals surface area contributed by atoms with Gasteiger partial charge >= 0.3 is 12.1 Å². The predicted octanol–water partition coefficient (Wildman–Crippen LogP) is 6.14. The third-order valence-electron chi connectivity index (χ3n) is 8.13. The van der Waals surface area contributed by atoms with Crippen LogP contribution in [-0.4, -0.2) is 66.6 Å². The molecule has 0 saturated heterocycles. The SMILES string of the molecule is CCCCc1nc(Cl)c(COC(=O)N[C@H](COC(=O)CCCO[N+](=O)[O-])Cc2ccccc2)n1Cc1ccc(-c2ccccc2-c2nn[nH]n2)cc1. The van der Waals surface area contributed by atoms with E-state index in [0.29, 0.717) is 30.9 Å². The Bertz CT molecular complexity index is 1900. The van der Waals surface area contributed by atoms with E-state index in [2.05, 4.69) is 42.7 Å². The average Bonchev–Trinajstić information content (AvgIpc) is 3.79. The van der Waals surface area contributed by atoms with Gasteiger partial charge in [0.15, 0.2) is 5.15 Å². The van der Waals surface area contributed by atoms with Crippen LogP contribution < -0.4 is 5.32 Å². The van der Waals surface area contributed by atoms with Crippen molar-refractivity contribution >= 4 is 23.7 Å². The number of rotatable bonds is 19. The second kappa shape index (κ2) is 19.0. The van der Waals surface area contributed by atoms with Gasteiger partial charge in [-0.05, 0) is 46.7 Å². The summed E-state index contributed by atoms with van der Waals surface area (Å²) >= 11 is 6.65. The molecule has 1 amide bonds. The number of carbonyl (C=O) groups excluding carboxylic acids is 2. The maximum absolute atomic E-state index is 13.1. The summed E-state index contributed by atoms with van der Waals surface area (Å²) in [4.78, 5) is 44.6. The van der Waals surface area contributed by atoms with Gasteiger partial charge in [0.1, 0.15) is 19.0 Å². The number of unbranched alkanes of at least 4 members (excludes halogenated alkanes) is 1. The maximum Gasteiger partial charge on any atom is 0.407 e. The van der Waals surface area contributed by atoms with E-state index in [1.54, 1.807) is 0 Å². The highest BCUT2D eigenvalue weighted by molar-refractivity contribution is 6.30. The van der Waals surface area contributed by atoms with Gasteiger partial charge < -0.3 is 24.2 Å². The number of esters is 1. The van der Waals surface area contributed by atoms with Crippen LogP contribution in [0.4, 0.5) is 4.79 Å². The van der Waals surface area contributed by atoms with Crippen LogP contribution in [0.3, 0.4) is 0 Å². The molecule has 2 heterocycles. The van der Waals surface area contributed by atoms with Crippen LogP contribution in [0.25, 0.3) is 22.5 Å². The first-order chi connectivity index (χ1) is 25.3. The van der Waals surface area contributed by atoms with Gasteiger partial charge in [0, 0.05) is 24.9 Å². The Hall–Kier alpha value is -5.83. The monoisotopic (exact) mass is 730 g/mol. The third kappa shape index (κ3) is 10.8. The Labute approximate surface area is 304 Å². The molecule has 0 spiro atoms. The zero-order valence-corrected chi connectivity index (χ0v) is 29.3. The van der Waals surface area contributed by atoms with Crippen LogP contribution >= 0.6 is 11.6 Å². The van der Waals surface area contributed by atoms with E-state index in [4.69, 9.17) is 21.1 Å². The summed E-state index contributed by atoms with van der Waals surface area (Å²) in [6.07, 6.45) is 2.25. The number of nitrogens with one attached hydrogen (secondary N) is 2. The number of benzene rings is 3. The number of H-pyrrole nitrogens is 1. The maximum atomic E-state index is 13.1. The summed E-state index contributed by atoms with van der Waals surface area (Å²) in [7, 11) is 0. The molecule has 16 heteroatoms. The van der Waals surface area contributed by atoms with Crippen LogP contribution in [0.5, 0.6) is 0 Å². The Morgan fingerprint density at radius 1 is 0.981 bits per heavy atom. The van der Waals surface area contributed by atoms with E-state index in [0.717, 1.165) is 46.5 Å². The Balaban J connectivity index is 1.26. The number of aromatic amines is 1. The number of imidazole rings is 1. The molecular formula is C36H39ClN8O7. The number of amides is 1. The molecule has 1 atom stereocenters. The lowest BCUT2D eigenvalue weighted by atomic mass is 9.98. The summed E-state index contributed by atoms with van der Waals surface area (Å²) < 4.78 is 13.0. The molecule has 0 aliphatic carbocycles. The van der Waals surface area contributed by atoms with Gasteiger partial charge in [-0.2, -0.15) is 5.21 Å². The smallest absolute Gasteiger partial charge is 0.407 e. The Kier molecular flexibility index (Phi) is 13.6. The van der Waals surface area contributed by atoms with Crippen molar-refractivity contribution in [2.24, 2.45) is 0 Å². The van der Waals surface area contributed by atoms with Crippen LogP contribution in [0.15, 0.2) is 78.9 Å². The molecule has 0 bridgehead atoms. The molecule has 5 aromatic rings. The van der Waals surface area contributed by atoms with Crippen molar-refractivity contribution in [1.82, 2.24) is 35.5 Å². The number of hydrogen-bond acceptors (Lipinski definition) is 11. The molecule has 272 valence electrons. The van der Waals surface area contributed by atoms with Crippen LogP contribution in [-0.2, 0) is 45.1 Å². The van der Waals surface area contributed by atoms with E-state index in [9.17, 15) is 19.7 Å². The highest BCUT2D eigenvalue weighted by Crippen LogP contribution is 2.30. The number of hydrogen-bond donors (Lipinski definition) is 2. The number of carbonyl (C=O) groups is 2. The summed E-state index contributed by atoms with van der Waals surface area (Å²) in [5.41, 5.74) is 5.26. The highest BCUT2D eigenvalue weighted by Gasteiger charge is 2.21. The van der Waals surface area contributed by atoms with Crippen LogP contribution in [0, 0.1) is 10.1 Å². The van der Waals surface area contributed by atoms with Gasteiger partial charge in [-0.1, -0.05) is 104 Å². The van der Waals surface area contributed by atoms with Gasteiger partial charge in [-0.25, -0.2) is 9.78 Å². The van der Waals surface area contributed by atoms with Crippen molar-refractivity contribution in [3.05, 3.63) is 117 Å². The molecule has 2 aromatic heterocycles. The number of aryl methyl sites for hydroxylation is 1. The normalized spacial score (nSPS) is 11.5. The van der Waals surface area contributed by atoms with Crippen molar-refractivity contribution in [3.8, 4) is 22.5 Å². The third-order valence-corrected chi connectivity index (χ3v) is 8.43. The highest BCUT2D eigenvalue weighted by atomic mass is 35.5. The molecule has 0 aliphatic rings. The fourth-order valence-corrected chi connectivity index (χ4v) is 5.80.